The van der Waals surface area contributed by atoms with E-state index in [0.29, 0.717) is 18.0 Å². The maximum atomic E-state index is 9.27. The van der Waals surface area contributed by atoms with Gasteiger partial charge in [-0.05, 0) is 31.2 Å². The first-order chi connectivity index (χ1) is 13.7. The molecule has 1 heterocycles. The molecule has 2 N–H and O–H groups in total. The smallest absolute Gasteiger partial charge is 0.247 e. The molecule has 0 aliphatic heterocycles. The van der Waals surface area contributed by atoms with Crippen molar-refractivity contribution in [1.29, 1.82) is 5.26 Å². The van der Waals surface area contributed by atoms with Crippen molar-refractivity contribution in [2.24, 2.45) is 0 Å². The van der Waals surface area contributed by atoms with Crippen LogP contribution in [0.15, 0.2) is 77.5 Å². The van der Waals surface area contributed by atoms with Crippen molar-refractivity contribution < 1.29 is 9.52 Å². The van der Waals surface area contributed by atoms with Gasteiger partial charge in [-0.3, -0.25) is 0 Å². The van der Waals surface area contributed by atoms with Crippen LogP contribution in [0.4, 0.5) is 5.69 Å². The zero-order valence-electron chi connectivity index (χ0n) is 15.4. The van der Waals surface area contributed by atoms with Crippen LogP contribution >= 0.6 is 0 Å². The van der Waals surface area contributed by atoms with E-state index >= 15 is 0 Å². The number of rotatable bonds is 4. The van der Waals surface area contributed by atoms with Gasteiger partial charge >= 0.3 is 0 Å². The number of nitrogens with one attached hydrogen (secondary N) is 1. The molecule has 1 unspecified atom stereocenters. The average molecular weight is 372 g/mol. The normalized spacial score (nSPS) is 11.2. The van der Waals surface area contributed by atoms with E-state index in [1.807, 2.05) is 60.7 Å². The number of aliphatic hydroxyl groups is 1. The van der Waals surface area contributed by atoms with Crippen molar-refractivity contribution >= 4 is 16.5 Å². The van der Waals surface area contributed by atoms with Crippen LogP contribution in [0.25, 0.3) is 22.2 Å². The van der Waals surface area contributed by atoms with Crippen LogP contribution in [0, 0.1) is 11.3 Å². The Kier molecular flexibility index (Phi) is 6.34. The molecular weight excluding hydrogens is 352 g/mol. The number of fused-ring (bicyclic) bond motifs is 1. The van der Waals surface area contributed by atoms with Gasteiger partial charge in [-0.2, -0.15) is 5.26 Å². The molecule has 0 radical (unpaired) electrons. The number of nitrogens with zero attached hydrogens (tertiary/aromatic N) is 3. The van der Waals surface area contributed by atoms with E-state index < -0.39 is 6.10 Å². The summed E-state index contributed by atoms with van der Waals surface area (Å²) in [6.07, 6.45) is 0.923. The Morgan fingerprint density at radius 2 is 1.75 bits per heavy atom. The maximum absolute atomic E-state index is 9.27. The van der Waals surface area contributed by atoms with Crippen LogP contribution in [0.2, 0.25) is 0 Å². The van der Waals surface area contributed by atoms with E-state index in [9.17, 15) is 5.11 Å². The molecular formula is C22H20N4O2. The molecule has 6 nitrogen and oxygen atoms in total. The van der Waals surface area contributed by atoms with Crippen LogP contribution in [-0.2, 0) is 0 Å². The summed E-state index contributed by atoms with van der Waals surface area (Å²) in [4.78, 5) is 0. The summed E-state index contributed by atoms with van der Waals surface area (Å²) in [5.74, 6) is 0.561. The summed E-state index contributed by atoms with van der Waals surface area (Å²) in [5, 5.41) is 30.8. The van der Waals surface area contributed by atoms with E-state index in [4.69, 9.17) is 9.68 Å². The van der Waals surface area contributed by atoms with Crippen molar-refractivity contribution in [2.45, 2.75) is 13.0 Å². The topological polar surface area (TPSA) is 95.0 Å². The summed E-state index contributed by atoms with van der Waals surface area (Å²) >= 11 is 0. The predicted octanol–water partition coefficient (Wildman–Crippen LogP) is 4.24. The van der Waals surface area contributed by atoms with Gasteiger partial charge < -0.3 is 14.8 Å². The van der Waals surface area contributed by atoms with Gasteiger partial charge in [0.2, 0.25) is 12.3 Å². The van der Waals surface area contributed by atoms with Crippen molar-refractivity contribution in [1.82, 2.24) is 10.2 Å². The minimum atomic E-state index is -0.399. The van der Waals surface area contributed by atoms with Crippen molar-refractivity contribution in [3.8, 4) is 17.5 Å². The lowest BCUT2D eigenvalue weighted by Gasteiger charge is -2.11. The second-order valence-corrected chi connectivity index (χ2v) is 6.16. The van der Waals surface area contributed by atoms with Gasteiger partial charge in [0, 0.05) is 28.6 Å². The van der Waals surface area contributed by atoms with Crippen LogP contribution in [-0.4, -0.2) is 28.0 Å². The lowest BCUT2D eigenvalue weighted by molar-refractivity contribution is 0.208. The second-order valence-electron chi connectivity index (χ2n) is 6.16. The van der Waals surface area contributed by atoms with Crippen molar-refractivity contribution in [2.75, 3.05) is 11.9 Å². The highest BCUT2D eigenvalue weighted by Gasteiger charge is 2.05. The lowest BCUT2D eigenvalue weighted by Crippen LogP contribution is -2.15. The highest BCUT2D eigenvalue weighted by Crippen LogP contribution is 2.26. The number of benzene rings is 3. The second kappa shape index (κ2) is 9.31. The van der Waals surface area contributed by atoms with Crippen molar-refractivity contribution in [3.05, 3.63) is 78.7 Å². The third kappa shape index (κ3) is 4.72. The van der Waals surface area contributed by atoms with Gasteiger partial charge in [0.05, 0.1) is 17.7 Å². The minimum absolute atomic E-state index is 0.399. The summed E-state index contributed by atoms with van der Waals surface area (Å²) < 4.78 is 5.00. The van der Waals surface area contributed by atoms with Gasteiger partial charge in [-0.25, -0.2) is 0 Å². The zero-order valence-corrected chi connectivity index (χ0v) is 15.4. The molecule has 0 aliphatic carbocycles. The molecule has 0 bridgehead atoms. The Morgan fingerprint density at radius 3 is 2.39 bits per heavy atom. The molecule has 140 valence electrons. The molecule has 3 aromatic carbocycles. The summed E-state index contributed by atoms with van der Waals surface area (Å²) in [6.45, 7) is 2.23. The largest absolute Gasteiger partial charge is 0.423 e. The Labute approximate surface area is 163 Å². The van der Waals surface area contributed by atoms with Gasteiger partial charge in [-0.1, -0.05) is 42.5 Å². The minimum Gasteiger partial charge on any atom is -0.423 e. The lowest BCUT2D eigenvalue weighted by atomic mass is 10.0. The number of hydrogen-bond donors (Lipinski definition) is 2. The first-order valence-corrected chi connectivity index (χ1v) is 8.84. The fourth-order valence-electron chi connectivity index (χ4n) is 2.69. The number of aliphatic hydroxyl groups excluding tert-OH is 1. The number of anilines is 1. The summed E-state index contributed by atoms with van der Waals surface area (Å²) in [5.41, 5.74) is 2.56. The van der Waals surface area contributed by atoms with E-state index in [-0.39, 0.29) is 0 Å². The fraction of sp³-hybridized carbons (Fsp3) is 0.136. The van der Waals surface area contributed by atoms with Crippen molar-refractivity contribution in [3.63, 3.8) is 0 Å². The van der Waals surface area contributed by atoms with E-state index in [1.54, 1.807) is 13.0 Å². The van der Waals surface area contributed by atoms with Crippen LogP contribution in [0.3, 0.4) is 0 Å². The van der Waals surface area contributed by atoms with Crippen LogP contribution in [0.1, 0.15) is 12.5 Å². The Hall–Kier alpha value is -3.69. The van der Waals surface area contributed by atoms with E-state index in [1.165, 1.54) is 6.39 Å². The number of nitriles is 1. The Morgan fingerprint density at radius 1 is 1.04 bits per heavy atom. The molecule has 6 heteroatoms. The molecule has 0 saturated heterocycles. The molecule has 4 aromatic rings. The quantitative estimate of drug-likeness (QED) is 0.556. The first-order valence-electron chi connectivity index (χ1n) is 8.84. The molecule has 0 amide bonds. The molecule has 28 heavy (non-hydrogen) atoms. The summed E-state index contributed by atoms with van der Waals surface area (Å²) in [7, 11) is 0. The molecule has 0 aliphatic rings. The number of hydrogen-bond acceptors (Lipinski definition) is 6. The third-order valence-corrected chi connectivity index (χ3v) is 4.01. The van der Waals surface area contributed by atoms with E-state index in [0.717, 1.165) is 22.0 Å². The highest BCUT2D eigenvalue weighted by atomic mass is 16.4. The third-order valence-electron chi connectivity index (χ3n) is 4.01. The van der Waals surface area contributed by atoms with Gasteiger partial charge in [0.1, 0.15) is 0 Å². The summed E-state index contributed by atoms with van der Waals surface area (Å²) in [6, 6.07) is 23.3. The van der Waals surface area contributed by atoms with Gasteiger partial charge in [0.25, 0.3) is 0 Å². The Bertz CT molecular complexity index is 1060. The molecule has 0 fully saturated rings. The zero-order chi connectivity index (χ0) is 19.8. The SMILES string of the molecule is CC(O)CNc1ccc(C#N)c2ccccc12.c1ccc(-c2nnco2)cc1. The molecule has 4 rings (SSSR count). The monoisotopic (exact) mass is 372 g/mol. The molecule has 1 aromatic heterocycles. The Balaban J connectivity index is 0.000000176. The average Bonchev–Trinajstić information content (AvgIpc) is 3.28. The van der Waals surface area contributed by atoms with Gasteiger partial charge in [-0.15, -0.1) is 10.2 Å². The first kappa shape index (κ1) is 19.1. The highest BCUT2D eigenvalue weighted by molar-refractivity contribution is 5.97. The number of aromatic nitrogens is 2. The fourth-order valence-corrected chi connectivity index (χ4v) is 2.69. The molecule has 0 spiro atoms. The van der Waals surface area contributed by atoms with Gasteiger partial charge in [0.15, 0.2) is 0 Å². The predicted molar refractivity (Wildman–Crippen MR) is 109 cm³/mol. The van der Waals surface area contributed by atoms with Crippen LogP contribution < -0.4 is 5.32 Å². The molecule has 0 saturated carbocycles. The van der Waals surface area contributed by atoms with Crippen LogP contribution in [0.5, 0.6) is 0 Å². The maximum Gasteiger partial charge on any atom is 0.247 e. The van der Waals surface area contributed by atoms with E-state index in [2.05, 4.69) is 21.6 Å². The molecule has 1 atom stereocenters. The standard InChI is InChI=1S/C14H14N2O.C8H6N2O/c1-10(17)9-16-14-7-6-11(8-15)12-4-2-3-5-13(12)14;1-2-4-7(5-3-1)8-10-9-6-11-8/h2-7,10,16-17H,9H2,1H3;1-6H.